The molecule has 2 rings (SSSR count). The second-order valence-corrected chi connectivity index (χ2v) is 7.09. The Morgan fingerprint density at radius 2 is 2.10 bits per heavy atom. The molecule has 0 fully saturated rings. The minimum Gasteiger partial charge on any atom is -0.327 e. The van der Waals surface area contributed by atoms with Crippen molar-refractivity contribution in [2.45, 2.75) is 38.1 Å². The zero-order valence-electron chi connectivity index (χ0n) is 12.2. The van der Waals surface area contributed by atoms with Gasteiger partial charge < -0.3 is 4.57 Å². The van der Waals surface area contributed by atoms with Crippen molar-refractivity contribution in [1.82, 2.24) is 9.55 Å². The lowest BCUT2D eigenvalue weighted by Crippen LogP contribution is -2.05. The summed E-state index contributed by atoms with van der Waals surface area (Å²) in [4.78, 5) is 4.46. The molecule has 1 heterocycles. The highest BCUT2D eigenvalue weighted by atomic mass is 35.5. The van der Waals surface area contributed by atoms with Gasteiger partial charge in [0.2, 0.25) is 0 Å². The smallest absolute Gasteiger partial charge is 0.144 e. The molecule has 0 spiro atoms. The number of aromatic nitrogens is 2. The number of imidazole rings is 1. The van der Waals surface area contributed by atoms with Crippen LogP contribution in [0.4, 0.5) is 4.39 Å². The van der Waals surface area contributed by atoms with Gasteiger partial charge in [-0.05, 0) is 37.8 Å². The van der Waals surface area contributed by atoms with E-state index in [2.05, 4.69) is 15.8 Å². The molecule has 1 aromatic carbocycles. The van der Waals surface area contributed by atoms with Crippen molar-refractivity contribution in [2.24, 2.45) is 0 Å². The molecule has 0 radical (unpaired) electrons. The molecular formula is C15H19Cl2FN2S. The highest BCUT2D eigenvalue weighted by molar-refractivity contribution is 7.98. The summed E-state index contributed by atoms with van der Waals surface area (Å²) in [7, 11) is 0. The normalized spacial score (nSPS) is 13.0. The average molecular weight is 349 g/mol. The Kier molecular flexibility index (Phi) is 6.20. The van der Waals surface area contributed by atoms with E-state index in [0.717, 1.165) is 30.7 Å². The molecule has 0 aliphatic rings. The lowest BCUT2D eigenvalue weighted by atomic mass is 10.2. The quantitative estimate of drug-likeness (QED) is 0.474. The Morgan fingerprint density at radius 1 is 1.33 bits per heavy atom. The van der Waals surface area contributed by atoms with Crippen LogP contribution in [0.1, 0.15) is 37.4 Å². The molecule has 0 aliphatic carbocycles. The van der Waals surface area contributed by atoms with E-state index in [9.17, 15) is 4.39 Å². The summed E-state index contributed by atoms with van der Waals surface area (Å²) in [5.74, 6) is 1.52. The summed E-state index contributed by atoms with van der Waals surface area (Å²) < 4.78 is 15.6. The molecule has 21 heavy (non-hydrogen) atoms. The number of aryl methyl sites for hydroxylation is 1. The lowest BCUT2D eigenvalue weighted by Gasteiger charge is -2.10. The molecule has 1 unspecified atom stereocenters. The summed E-state index contributed by atoms with van der Waals surface area (Å²) in [6.07, 6.45) is 5.53. The summed E-state index contributed by atoms with van der Waals surface area (Å²) in [6, 6.07) is 3.02. The molecule has 1 aromatic heterocycles. The Hall–Kier alpha value is -0.450. The molecule has 0 saturated heterocycles. The Bertz CT molecular complexity index is 613. The second-order valence-electron chi connectivity index (χ2n) is 5.05. The third-order valence-corrected chi connectivity index (χ3v) is 4.59. The van der Waals surface area contributed by atoms with Gasteiger partial charge in [-0.25, -0.2) is 9.37 Å². The van der Waals surface area contributed by atoms with Crippen LogP contribution in [-0.4, -0.2) is 21.6 Å². The first-order valence-corrected chi connectivity index (χ1v) is 9.23. The number of rotatable bonds is 7. The maximum atomic E-state index is 13.6. The van der Waals surface area contributed by atoms with Gasteiger partial charge in [0, 0.05) is 12.6 Å². The number of alkyl halides is 1. The lowest BCUT2D eigenvalue weighted by molar-refractivity contribution is 0.593. The molecule has 0 N–H and O–H groups in total. The summed E-state index contributed by atoms with van der Waals surface area (Å²) in [5, 5.41) is -0.0924. The molecule has 2 nitrogen and oxygen atoms in total. The van der Waals surface area contributed by atoms with Gasteiger partial charge in [0.15, 0.2) is 0 Å². The van der Waals surface area contributed by atoms with Crippen molar-refractivity contribution in [3.05, 3.63) is 28.8 Å². The van der Waals surface area contributed by atoms with Gasteiger partial charge in [0.25, 0.3) is 0 Å². The molecule has 2 aromatic rings. The number of benzene rings is 1. The second kappa shape index (κ2) is 7.70. The molecule has 0 saturated carbocycles. The van der Waals surface area contributed by atoms with E-state index in [-0.39, 0.29) is 10.4 Å². The van der Waals surface area contributed by atoms with Crippen LogP contribution < -0.4 is 0 Å². The van der Waals surface area contributed by atoms with E-state index in [0.29, 0.717) is 5.52 Å². The third kappa shape index (κ3) is 4.05. The molecule has 0 amide bonds. The zero-order valence-corrected chi connectivity index (χ0v) is 14.5. The first-order valence-electron chi connectivity index (χ1n) is 7.02. The fraction of sp³-hybridized carbons (Fsp3) is 0.533. The first kappa shape index (κ1) is 16.9. The van der Waals surface area contributed by atoms with Crippen LogP contribution in [0.2, 0.25) is 5.02 Å². The number of halogens is 3. The van der Waals surface area contributed by atoms with Gasteiger partial charge in [-0.15, -0.1) is 11.6 Å². The van der Waals surface area contributed by atoms with Crippen molar-refractivity contribution in [3.63, 3.8) is 0 Å². The van der Waals surface area contributed by atoms with Crippen LogP contribution in [0.25, 0.3) is 11.0 Å². The van der Waals surface area contributed by atoms with Gasteiger partial charge in [-0.3, -0.25) is 0 Å². The fourth-order valence-electron chi connectivity index (χ4n) is 2.37. The largest absolute Gasteiger partial charge is 0.327 e. The van der Waals surface area contributed by atoms with Crippen molar-refractivity contribution in [2.75, 3.05) is 12.0 Å². The van der Waals surface area contributed by atoms with Crippen LogP contribution in [0.3, 0.4) is 0 Å². The van der Waals surface area contributed by atoms with Crippen molar-refractivity contribution >= 4 is 46.0 Å². The molecule has 0 aliphatic heterocycles. The van der Waals surface area contributed by atoms with E-state index in [1.807, 2.05) is 18.7 Å². The summed E-state index contributed by atoms with van der Waals surface area (Å²) >= 11 is 14.0. The summed E-state index contributed by atoms with van der Waals surface area (Å²) in [6.45, 7) is 2.71. The van der Waals surface area contributed by atoms with Gasteiger partial charge >= 0.3 is 0 Å². The Morgan fingerprint density at radius 3 is 2.76 bits per heavy atom. The van der Waals surface area contributed by atoms with Gasteiger partial charge in [-0.2, -0.15) is 11.8 Å². The standard InChI is InChI=1S/C15H19Cl2FN2S/c1-10(16)15-19-13-9-12(18)11(17)8-14(13)20(15)6-4-3-5-7-21-2/h8-10H,3-7H2,1-2H3. The average Bonchev–Trinajstić information content (AvgIpc) is 2.77. The Labute approximate surface area is 139 Å². The highest BCUT2D eigenvalue weighted by Gasteiger charge is 2.16. The van der Waals surface area contributed by atoms with Gasteiger partial charge in [0.05, 0.1) is 21.4 Å². The minimum absolute atomic E-state index is 0.125. The van der Waals surface area contributed by atoms with Crippen molar-refractivity contribution < 1.29 is 4.39 Å². The number of nitrogens with zero attached hydrogens (tertiary/aromatic N) is 2. The molecule has 6 heteroatoms. The molecule has 116 valence electrons. The maximum Gasteiger partial charge on any atom is 0.144 e. The highest BCUT2D eigenvalue weighted by Crippen LogP contribution is 2.28. The van der Waals surface area contributed by atoms with Crippen LogP contribution in [-0.2, 0) is 6.54 Å². The molecule has 1 atom stereocenters. The van der Waals surface area contributed by atoms with Crippen LogP contribution in [0.15, 0.2) is 12.1 Å². The van der Waals surface area contributed by atoms with Gasteiger partial charge in [0.1, 0.15) is 11.6 Å². The minimum atomic E-state index is -0.442. The number of thioether (sulfide) groups is 1. The SMILES string of the molecule is CSCCCCCn1c(C(C)Cl)nc2cc(F)c(Cl)cc21. The van der Waals surface area contributed by atoms with E-state index >= 15 is 0 Å². The van der Waals surface area contributed by atoms with E-state index in [1.54, 1.807) is 6.07 Å². The molecule has 0 bridgehead atoms. The predicted molar refractivity (Wildman–Crippen MR) is 91.2 cm³/mol. The number of hydrogen-bond acceptors (Lipinski definition) is 2. The van der Waals surface area contributed by atoms with Crippen LogP contribution >= 0.6 is 35.0 Å². The Balaban J connectivity index is 2.26. The maximum absolute atomic E-state index is 13.6. The monoisotopic (exact) mass is 348 g/mol. The van der Waals surface area contributed by atoms with E-state index < -0.39 is 5.82 Å². The molecular weight excluding hydrogens is 330 g/mol. The van der Waals surface area contributed by atoms with Crippen LogP contribution in [0.5, 0.6) is 0 Å². The number of hydrogen-bond donors (Lipinski definition) is 0. The van der Waals surface area contributed by atoms with Gasteiger partial charge in [-0.1, -0.05) is 18.0 Å². The topological polar surface area (TPSA) is 17.8 Å². The van der Waals surface area contributed by atoms with E-state index in [1.165, 1.54) is 18.2 Å². The third-order valence-electron chi connectivity index (χ3n) is 3.41. The number of unbranched alkanes of at least 4 members (excludes halogenated alkanes) is 2. The number of fused-ring (bicyclic) bond motifs is 1. The summed E-state index contributed by atoms with van der Waals surface area (Å²) in [5.41, 5.74) is 1.47. The van der Waals surface area contributed by atoms with Crippen LogP contribution in [0, 0.1) is 5.82 Å². The zero-order chi connectivity index (χ0) is 15.4. The fourth-order valence-corrected chi connectivity index (χ4v) is 3.19. The van der Waals surface area contributed by atoms with E-state index in [4.69, 9.17) is 23.2 Å². The van der Waals surface area contributed by atoms with Crippen molar-refractivity contribution in [1.29, 1.82) is 0 Å². The van der Waals surface area contributed by atoms with Crippen molar-refractivity contribution in [3.8, 4) is 0 Å². The first-order chi connectivity index (χ1) is 10.0. The predicted octanol–water partition coefficient (Wildman–Crippen LogP) is 5.66.